The highest BCUT2D eigenvalue weighted by Gasteiger charge is 1.97. The average Bonchev–Trinajstić information content (AvgIpc) is 2.63. The van der Waals surface area contributed by atoms with Crippen LogP contribution in [0.1, 0.15) is 12.6 Å². The summed E-state index contributed by atoms with van der Waals surface area (Å²) in [5.74, 6) is 0. The normalized spacial score (nSPS) is 12.1. The Morgan fingerprint density at radius 2 is 2.47 bits per heavy atom. The van der Waals surface area contributed by atoms with E-state index < -0.39 is 0 Å². The summed E-state index contributed by atoms with van der Waals surface area (Å²) in [5.41, 5.74) is 7.90. The number of allylic oxidation sites excluding steroid dienone is 2. The van der Waals surface area contributed by atoms with Gasteiger partial charge in [-0.15, -0.1) is 0 Å². The van der Waals surface area contributed by atoms with Crippen LogP contribution < -0.4 is 11.1 Å². The fraction of sp³-hybridized carbons (Fsp3) is 0.400. The molecule has 0 aliphatic carbocycles. The average molecular weight is 207 g/mol. The SMILES string of the molecule is C/C(NCCc1ccn(C)n1)=C(\N)C=N. The van der Waals surface area contributed by atoms with Gasteiger partial charge in [0.05, 0.1) is 11.4 Å². The summed E-state index contributed by atoms with van der Waals surface area (Å²) in [4.78, 5) is 0. The van der Waals surface area contributed by atoms with Gasteiger partial charge in [-0.2, -0.15) is 5.10 Å². The predicted octanol–water partition coefficient (Wildman–Crippen LogP) is 0.392. The summed E-state index contributed by atoms with van der Waals surface area (Å²) in [6, 6.07) is 1.99. The first-order chi connectivity index (χ1) is 7.13. The summed E-state index contributed by atoms with van der Waals surface area (Å²) in [6.07, 6.45) is 3.91. The van der Waals surface area contributed by atoms with Gasteiger partial charge in [0.15, 0.2) is 0 Å². The van der Waals surface area contributed by atoms with Crippen LogP contribution in [0.3, 0.4) is 0 Å². The molecule has 1 heterocycles. The number of nitrogens with zero attached hydrogens (tertiary/aromatic N) is 2. The number of rotatable bonds is 5. The van der Waals surface area contributed by atoms with E-state index in [0.29, 0.717) is 5.70 Å². The maximum atomic E-state index is 6.98. The minimum atomic E-state index is 0.469. The standard InChI is InChI=1S/C10H17N5/c1-8(10(12)7-11)13-5-3-9-4-6-15(2)14-9/h4,6-7,11,13H,3,5,12H2,1-2H3/b10-8+,11-7?. The van der Waals surface area contributed by atoms with E-state index in [2.05, 4.69) is 10.4 Å². The van der Waals surface area contributed by atoms with Crippen molar-refractivity contribution < 1.29 is 0 Å². The summed E-state index contributed by atoms with van der Waals surface area (Å²) in [6.45, 7) is 2.64. The quantitative estimate of drug-likeness (QED) is 0.611. The lowest BCUT2D eigenvalue weighted by Gasteiger charge is -2.06. The van der Waals surface area contributed by atoms with Crippen LogP contribution in [-0.4, -0.2) is 22.5 Å². The highest BCUT2D eigenvalue weighted by Crippen LogP contribution is 1.96. The van der Waals surface area contributed by atoms with Gasteiger partial charge in [0.1, 0.15) is 0 Å². The monoisotopic (exact) mass is 207 g/mol. The Morgan fingerprint density at radius 1 is 1.73 bits per heavy atom. The van der Waals surface area contributed by atoms with E-state index in [1.54, 1.807) is 4.68 Å². The van der Waals surface area contributed by atoms with Crippen LogP contribution in [0.2, 0.25) is 0 Å². The molecule has 0 unspecified atom stereocenters. The van der Waals surface area contributed by atoms with Crippen LogP contribution in [0.5, 0.6) is 0 Å². The number of nitrogens with one attached hydrogen (secondary N) is 2. The van der Waals surface area contributed by atoms with Crippen LogP contribution in [0.15, 0.2) is 23.7 Å². The van der Waals surface area contributed by atoms with Crippen molar-refractivity contribution in [2.75, 3.05) is 6.54 Å². The fourth-order valence-corrected chi connectivity index (χ4v) is 1.18. The van der Waals surface area contributed by atoms with Gasteiger partial charge in [0.25, 0.3) is 0 Å². The minimum Gasteiger partial charge on any atom is -0.396 e. The lowest BCUT2D eigenvalue weighted by atomic mass is 10.3. The Labute approximate surface area is 89.5 Å². The van der Waals surface area contributed by atoms with Gasteiger partial charge >= 0.3 is 0 Å². The van der Waals surface area contributed by atoms with Crippen LogP contribution in [-0.2, 0) is 13.5 Å². The Bertz CT molecular complexity index is 364. The number of aromatic nitrogens is 2. The number of hydrogen-bond donors (Lipinski definition) is 3. The zero-order chi connectivity index (χ0) is 11.3. The molecule has 0 radical (unpaired) electrons. The first kappa shape index (κ1) is 11.3. The van der Waals surface area contributed by atoms with Gasteiger partial charge in [0, 0.05) is 38.1 Å². The minimum absolute atomic E-state index is 0.469. The molecule has 0 aromatic carbocycles. The van der Waals surface area contributed by atoms with E-state index in [1.807, 2.05) is 26.2 Å². The lowest BCUT2D eigenvalue weighted by molar-refractivity contribution is 0.715. The van der Waals surface area contributed by atoms with Crippen molar-refractivity contribution in [2.45, 2.75) is 13.3 Å². The molecule has 82 valence electrons. The van der Waals surface area contributed by atoms with Gasteiger partial charge in [-0.05, 0) is 13.0 Å². The molecule has 0 saturated carbocycles. The molecule has 1 aromatic rings. The zero-order valence-corrected chi connectivity index (χ0v) is 9.12. The van der Waals surface area contributed by atoms with E-state index >= 15 is 0 Å². The first-order valence-electron chi connectivity index (χ1n) is 4.82. The smallest absolute Gasteiger partial charge is 0.0682 e. The highest BCUT2D eigenvalue weighted by atomic mass is 15.2. The second-order valence-corrected chi connectivity index (χ2v) is 3.38. The molecular weight excluding hydrogens is 190 g/mol. The predicted molar refractivity (Wildman–Crippen MR) is 60.6 cm³/mol. The molecule has 0 atom stereocenters. The molecule has 0 bridgehead atoms. The molecule has 5 nitrogen and oxygen atoms in total. The second-order valence-electron chi connectivity index (χ2n) is 3.38. The molecule has 0 fully saturated rings. The third-order valence-electron chi connectivity index (χ3n) is 2.13. The van der Waals surface area contributed by atoms with Crippen molar-refractivity contribution in [1.29, 1.82) is 5.41 Å². The molecule has 0 amide bonds. The molecule has 0 saturated heterocycles. The summed E-state index contributed by atoms with van der Waals surface area (Å²) >= 11 is 0. The van der Waals surface area contributed by atoms with Crippen molar-refractivity contribution in [3.63, 3.8) is 0 Å². The maximum absolute atomic E-state index is 6.98. The number of aryl methyl sites for hydroxylation is 1. The van der Waals surface area contributed by atoms with Crippen LogP contribution >= 0.6 is 0 Å². The Kier molecular flexibility index (Phi) is 3.91. The fourth-order valence-electron chi connectivity index (χ4n) is 1.18. The van der Waals surface area contributed by atoms with Crippen molar-refractivity contribution in [3.05, 3.63) is 29.4 Å². The second kappa shape index (κ2) is 5.19. The zero-order valence-electron chi connectivity index (χ0n) is 9.12. The highest BCUT2D eigenvalue weighted by molar-refractivity contribution is 5.75. The summed E-state index contributed by atoms with van der Waals surface area (Å²) in [7, 11) is 1.90. The molecule has 4 N–H and O–H groups in total. The van der Waals surface area contributed by atoms with Gasteiger partial charge in [-0.1, -0.05) is 0 Å². The van der Waals surface area contributed by atoms with Gasteiger partial charge in [-0.3, -0.25) is 4.68 Å². The lowest BCUT2D eigenvalue weighted by Crippen LogP contribution is -2.19. The van der Waals surface area contributed by atoms with Crippen molar-refractivity contribution >= 4 is 6.21 Å². The third-order valence-corrected chi connectivity index (χ3v) is 2.13. The van der Waals surface area contributed by atoms with Crippen molar-refractivity contribution in [2.24, 2.45) is 12.8 Å². The van der Waals surface area contributed by atoms with E-state index in [-0.39, 0.29) is 0 Å². The van der Waals surface area contributed by atoms with E-state index in [4.69, 9.17) is 11.1 Å². The van der Waals surface area contributed by atoms with Crippen LogP contribution in [0, 0.1) is 5.41 Å². The largest absolute Gasteiger partial charge is 0.396 e. The molecular formula is C10H17N5. The van der Waals surface area contributed by atoms with Crippen LogP contribution in [0.25, 0.3) is 0 Å². The Hall–Kier alpha value is -1.78. The van der Waals surface area contributed by atoms with E-state index in [1.165, 1.54) is 0 Å². The molecule has 0 aliphatic rings. The molecule has 15 heavy (non-hydrogen) atoms. The van der Waals surface area contributed by atoms with E-state index in [9.17, 15) is 0 Å². The molecule has 5 heteroatoms. The maximum Gasteiger partial charge on any atom is 0.0682 e. The van der Waals surface area contributed by atoms with Gasteiger partial charge in [0.2, 0.25) is 0 Å². The third kappa shape index (κ3) is 3.46. The summed E-state index contributed by atoms with van der Waals surface area (Å²) in [5, 5.41) is 14.4. The molecule has 1 aromatic heterocycles. The molecule has 1 rings (SSSR count). The molecule has 0 aliphatic heterocycles. The summed E-state index contributed by atoms with van der Waals surface area (Å²) < 4.78 is 1.78. The van der Waals surface area contributed by atoms with Gasteiger partial charge in [-0.25, -0.2) is 0 Å². The Balaban J connectivity index is 2.37. The number of nitrogens with two attached hydrogens (primary N) is 1. The van der Waals surface area contributed by atoms with Crippen molar-refractivity contribution in [3.8, 4) is 0 Å². The van der Waals surface area contributed by atoms with E-state index in [0.717, 1.165) is 30.6 Å². The first-order valence-corrected chi connectivity index (χ1v) is 4.82. The van der Waals surface area contributed by atoms with Crippen LogP contribution in [0.4, 0.5) is 0 Å². The Morgan fingerprint density at radius 3 is 3.00 bits per heavy atom. The number of hydrogen-bond acceptors (Lipinski definition) is 4. The van der Waals surface area contributed by atoms with Gasteiger partial charge < -0.3 is 16.5 Å². The van der Waals surface area contributed by atoms with Crippen molar-refractivity contribution in [1.82, 2.24) is 15.1 Å². The molecule has 0 spiro atoms. The topological polar surface area (TPSA) is 79.7 Å².